The Kier molecular flexibility index (Phi) is 7.14. The minimum atomic E-state index is -0.445. The largest absolute Gasteiger partial charge is 0.468 e. The minimum absolute atomic E-state index is 0.117. The maximum absolute atomic E-state index is 11.5. The van der Waals surface area contributed by atoms with E-state index in [2.05, 4.69) is 31.3 Å². The van der Waals surface area contributed by atoms with E-state index in [1.807, 2.05) is 30.3 Å². The van der Waals surface area contributed by atoms with Crippen molar-refractivity contribution in [2.45, 2.75) is 11.4 Å². The summed E-state index contributed by atoms with van der Waals surface area (Å²) < 4.78 is 4.55. The van der Waals surface area contributed by atoms with Gasteiger partial charge in [0.2, 0.25) is 5.91 Å². The molecular weight excluding hydrogens is 312 g/mol. The van der Waals surface area contributed by atoms with Crippen LogP contribution in [-0.4, -0.2) is 36.9 Å². The Hall–Kier alpha value is -1.40. The highest BCUT2D eigenvalue weighted by molar-refractivity contribution is 9.10. The Bertz CT molecular complexity index is 412. The topological polar surface area (TPSA) is 67.4 Å². The number of esters is 1. The summed E-state index contributed by atoms with van der Waals surface area (Å²) in [5, 5.41) is 5.66. The molecule has 19 heavy (non-hydrogen) atoms. The molecule has 0 radical (unpaired) electrons. The molecule has 1 atom stereocenters. The fourth-order valence-electron chi connectivity index (χ4n) is 1.38. The van der Waals surface area contributed by atoms with Crippen molar-refractivity contribution in [3.63, 3.8) is 0 Å². The van der Waals surface area contributed by atoms with Crippen LogP contribution in [0.15, 0.2) is 30.3 Å². The third-order valence-corrected chi connectivity index (χ3v) is 3.10. The molecule has 1 unspecified atom stereocenters. The standard InChI is InChI=1S/C13H17BrN2O3/c1-19-13(18)11(14)8-15-9-12(17)16-7-10-5-3-2-4-6-10/h2-6,11,15H,7-9H2,1H3,(H,16,17). The normalized spacial score (nSPS) is 11.7. The van der Waals surface area contributed by atoms with Gasteiger partial charge in [0, 0.05) is 13.1 Å². The monoisotopic (exact) mass is 328 g/mol. The average molecular weight is 329 g/mol. The molecule has 0 saturated heterocycles. The van der Waals surface area contributed by atoms with Crippen molar-refractivity contribution in [2.75, 3.05) is 20.2 Å². The quantitative estimate of drug-likeness (QED) is 0.574. The number of nitrogens with one attached hydrogen (secondary N) is 2. The molecule has 0 heterocycles. The van der Waals surface area contributed by atoms with Crippen LogP contribution in [0.1, 0.15) is 5.56 Å². The molecule has 0 aliphatic heterocycles. The van der Waals surface area contributed by atoms with Gasteiger partial charge >= 0.3 is 5.97 Å². The summed E-state index contributed by atoms with van der Waals surface area (Å²) in [5.74, 6) is -0.481. The van der Waals surface area contributed by atoms with Crippen LogP contribution in [0.4, 0.5) is 0 Å². The van der Waals surface area contributed by atoms with Gasteiger partial charge in [-0.2, -0.15) is 0 Å². The number of alkyl halides is 1. The van der Waals surface area contributed by atoms with Crippen LogP contribution in [-0.2, 0) is 20.9 Å². The molecule has 0 aliphatic carbocycles. The molecule has 0 bridgehead atoms. The van der Waals surface area contributed by atoms with E-state index < -0.39 is 4.83 Å². The molecule has 6 heteroatoms. The third-order valence-electron chi connectivity index (χ3n) is 2.40. The van der Waals surface area contributed by atoms with E-state index in [1.165, 1.54) is 7.11 Å². The summed E-state index contributed by atoms with van der Waals surface area (Å²) in [6, 6.07) is 9.66. The lowest BCUT2D eigenvalue weighted by Gasteiger charge is -2.09. The number of rotatable bonds is 7. The van der Waals surface area contributed by atoms with E-state index >= 15 is 0 Å². The van der Waals surface area contributed by atoms with Crippen LogP contribution in [0.3, 0.4) is 0 Å². The summed E-state index contributed by atoms with van der Waals surface area (Å²) in [6.07, 6.45) is 0. The molecule has 0 saturated carbocycles. The van der Waals surface area contributed by atoms with Crippen LogP contribution in [0, 0.1) is 0 Å². The second kappa shape index (κ2) is 8.66. The number of methoxy groups -OCH3 is 1. The SMILES string of the molecule is COC(=O)C(Br)CNCC(=O)NCc1ccccc1. The summed E-state index contributed by atoms with van der Waals surface area (Å²) in [5.41, 5.74) is 1.05. The molecule has 5 nitrogen and oxygen atoms in total. The van der Waals surface area contributed by atoms with E-state index in [0.29, 0.717) is 13.1 Å². The Morgan fingerprint density at radius 2 is 2.00 bits per heavy atom. The Morgan fingerprint density at radius 1 is 1.32 bits per heavy atom. The first kappa shape index (κ1) is 15.7. The van der Waals surface area contributed by atoms with Gasteiger partial charge in [-0.05, 0) is 5.56 Å². The van der Waals surface area contributed by atoms with Crippen LogP contribution in [0.2, 0.25) is 0 Å². The van der Waals surface area contributed by atoms with Crippen molar-refractivity contribution in [1.82, 2.24) is 10.6 Å². The van der Waals surface area contributed by atoms with Gasteiger partial charge in [0.15, 0.2) is 0 Å². The highest BCUT2D eigenvalue weighted by Crippen LogP contribution is 1.99. The van der Waals surface area contributed by atoms with E-state index in [9.17, 15) is 9.59 Å². The number of amides is 1. The summed E-state index contributed by atoms with van der Waals surface area (Å²) in [6.45, 7) is 0.994. The molecular formula is C13H17BrN2O3. The van der Waals surface area contributed by atoms with E-state index in [0.717, 1.165) is 5.56 Å². The van der Waals surface area contributed by atoms with Crippen molar-refractivity contribution in [3.05, 3.63) is 35.9 Å². The lowest BCUT2D eigenvalue weighted by Crippen LogP contribution is -2.37. The van der Waals surface area contributed by atoms with Crippen molar-refractivity contribution in [1.29, 1.82) is 0 Å². The zero-order chi connectivity index (χ0) is 14.1. The number of carbonyl (C=O) groups excluding carboxylic acids is 2. The summed E-state index contributed by atoms with van der Waals surface area (Å²) >= 11 is 3.16. The Morgan fingerprint density at radius 3 is 2.63 bits per heavy atom. The van der Waals surface area contributed by atoms with Crippen LogP contribution < -0.4 is 10.6 Å². The number of hydrogen-bond donors (Lipinski definition) is 2. The van der Waals surface area contributed by atoms with Gasteiger partial charge in [-0.1, -0.05) is 46.3 Å². The van der Waals surface area contributed by atoms with E-state index in [-0.39, 0.29) is 18.4 Å². The molecule has 0 spiro atoms. The predicted octanol–water partition coefficient (Wildman–Crippen LogP) is 0.829. The average Bonchev–Trinajstić information content (AvgIpc) is 2.45. The molecule has 0 fully saturated rings. The van der Waals surface area contributed by atoms with Crippen LogP contribution in [0.5, 0.6) is 0 Å². The number of hydrogen-bond acceptors (Lipinski definition) is 4. The maximum atomic E-state index is 11.5. The number of halogens is 1. The second-order valence-electron chi connectivity index (χ2n) is 3.88. The lowest BCUT2D eigenvalue weighted by atomic mass is 10.2. The Labute approximate surface area is 120 Å². The number of carbonyl (C=O) groups is 2. The van der Waals surface area contributed by atoms with E-state index in [4.69, 9.17) is 0 Å². The molecule has 0 aliphatic rings. The number of benzene rings is 1. The van der Waals surface area contributed by atoms with E-state index in [1.54, 1.807) is 0 Å². The van der Waals surface area contributed by atoms with Crippen molar-refractivity contribution >= 4 is 27.8 Å². The third kappa shape index (κ3) is 6.35. The van der Waals surface area contributed by atoms with Gasteiger partial charge in [-0.15, -0.1) is 0 Å². The maximum Gasteiger partial charge on any atom is 0.320 e. The summed E-state index contributed by atoms with van der Waals surface area (Å²) in [4.78, 5) is 22.2. The first-order valence-corrected chi connectivity index (χ1v) is 6.78. The molecule has 0 aromatic heterocycles. The molecule has 2 N–H and O–H groups in total. The van der Waals surface area contributed by atoms with Crippen molar-refractivity contribution < 1.29 is 14.3 Å². The first-order valence-electron chi connectivity index (χ1n) is 5.86. The fourth-order valence-corrected chi connectivity index (χ4v) is 1.80. The zero-order valence-corrected chi connectivity index (χ0v) is 12.3. The molecule has 1 aromatic carbocycles. The highest BCUT2D eigenvalue weighted by Gasteiger charge is 2.14. The smallest absolute Gasteiger partial charge is 0.320 e. The van der Waals surface area contributed by atoms with Gasteiger partial charge < -0.3 is 15.4 Å². The molecule has 1 aromatic rings. The molecule has 104 valence electrons. The van der Waals surface area contributed by atoms with Gasteiger partial charge in [0.1, 0.15) is 4.83 Å². The van der Waals surface area contributed by atoms with Crippen LogP contribution >= 0.6 is 15.9 Å². The predicted molar refractivity (Wildman–Crippen MR) is 75.9 cm³/mol. The zero-order valence-electron chi connectivity index (χ0n) is 10.7. The van der Waals surface area contributed by atoms with Crippen molar-refractivity contribution in [3.8, 4) is 0 Å². The van der Waals surface area contributed by atoms with Crippen molar-refractivity contribution in [2.24, 2.45) is 0 Å². The van der Waals surface area contributed by atoms with Gasteiger partial charge in [-0.25, -0.2) is 0 Å². The van der Waals surface area contributed by atoms with Gasteiger partial charge in [0.25, 0.3) is 0 Å². The first-order chi connectivity index (χ1) is 9.13. The highest BCUT2D eigenvalue weighted by atomic mass is 79.9. The Balaban J connectivity index is 2.16. The van der Waals surface area contributed by atoms with Crippen LogP contribution in [0.25, 0.3) is 0 Å². The summed E-state index contributed by atoms with van der Waals surface area (Å²) in [7, 11) is 1.32. The molecule has 1 amide bonds. The number of ether oxygens (including phenoxy) is 1. The van der Waals surface area contributed by atoms with Gasteiger partial charge in [-0.3, -0.25) is 9.59 Å². The minimum Gasteiger partial charge on any atom is -0.468 e. The lowest BCUT2D eigenvalue weighted by molar-refractivity contribution is -0.139. The molecule has 1 rings (SSSR count). The fraction of sp³-hybridized carbons (Fsp3) is 0.385. The van der Waals surface area contributed by atoms with Gasteiger partial charge in [0.05, 0.1) is 13.7 Å². The second-order valence-corrected chi connectivity index (χ2v) is 4.99.